The summed E-state index contributed by atoms with van der Waals surface area (Å²) in [6.07, 6.45) is 1.63. The fraction of sp³-hybridized carbons (Fsp3) is 0.200. The zero-order valence-electron chi connectivity index (χ0n) is 18.4. The number of fused-ring (bicyclic) bond motifs is 2. The number of halogens is 1. The highest BCUT2D eigenvalue weighted by Gasteiger charge is 2.29. The molecule has 34 heavy (non-hydrogen) atoms. The van der Waals surface area contributed by atoms with Gasteiger partial charge in [0.2, 0.25) is 0 Å². The van der Waals surface area contributed by atoms with Crippen molar-refractivity contribution >= 4 is 54.8 Å². The van der Waals surface area contributed by atoms with Gasteiger partial charge < -0.3 is 4.57 Å². The molecule has 0 aliphatic carbocycles. The number of hydrogen-bond acceptors (Lipinski definition) is 4. The second-order valence-electron chi connectivity index (χ2n) is 7.99. The third-order valence-corrected chi connectivity index (χ3v) is 9.02. The minimum Gasteiger partial charge on any atom is -0.317 e. The number of hydrogen-bond donors (Lipinski definition) is 0. The van der Waals surface area contributed by atoms with Crippen LogP contribution < -0.4 is 9.11 Å². The number of thiazole rings is 1. The van der Waals surface area contributed by atoms with Gasteiger partial charge >= 0.3 is 0 Å². The molecule has 6 nitrogen and oxygen atoms in total. The highest BCUT2D eigenvalue weighted by atomic mass is 35.5. The summed E-state index contributed by atoms with van der Waals surface area (Å²) in [5.41, 5.74) is 3.04. The number of rotatable bonds is 4. The van der Waals surface area contributed by atoms with Crippen LogP contribution in [0.15, 0.2) is 76.6 Å². The molecule has 0 saturated carbocycles. The third kappa shape index (κ3) is 4.06. The van der Waals surface area contributed by atoms with E-state index in [4.69, 9.17) is 11.6 Å². The van der Waals surface area contributed by atoms with Crippen LogP contribution in [-0.4, -0.2) is 25.4 Å². The van der Waals surface area contributed by atoms with E-state index in [1.165, 1.54) is 39.9 Å². The summed E-state index contributed by atoms with van der Waals surface area (Å²) in [4.78, 5) is 17.9. The van der Waals surface area contributed by atoms with E-state index in [0.717, 1.165) is 34.3 Å². The van der Waals surface area contributed by atoms with Crippen LogP contribution in [0, 0.1) is 0 Å². The summed E-state index contributed by atoms with van der Waals surface area (Å²) in [6, 6.07) is 19.2. The molecule has 9 heteroatoms. The Morgan fingerprint density at radius 1 is 1.09 bits per heavy atom. The maximum absolute atomic E-state index is 13.3. The molecule has 4 aromatic rings. The van der Waals surface area contributed by atoms with Crippen molar-refractivity contribution in [3.63, 3.8) is 0 Å². The predicted octanol–water partition coefficient (Wildman–Crippen LogP) is 5.26. The highest BCUT2D eigenvalue weighted by Crippen LogP contribution is 2.31. The van der Waals surface area contributed by atoms with Crippen molar-refractivity contribution in [1.82, 2.24) is 4.57 Å². The number of aromatic nitrogens is 1. The van der Waals surface area contributed by atoms with Crippen molar-refractivity contribution in [2.45, 2.75) is 31.2 Å². The van der Waals surface area contributed by atoms with E-state index >= 15 is 0 Å². The van der Waals surface area contributed by atoms with E-state index < -0.39 is 15.9 Å². The third-order valence-electron chi connectivity index (χ3n) is 5.92. The van der Waals surface area contributed by atoms with Gasteiger partial charge in [-0.3, -0.25) is 9.10 Å². The lowest BCUT2D eigenvalue weighted by Crippen LogP contribution is -2.35. The molecule has 0 saturated heterocycles. The predicted molar refractivity (Wildman–Crippen MR) is 136 cm³/mol. The summed E-state index contributed by atoms with van der Waals surface area (Å²) in [6.45, 7) is 3.08. The number of para-hydroxylation sites is 1. The number of amides is 1. The van der Waals surface area contributed by atoms with Crippen LogP contribution in [0.5, 0.6) is 0 Å². The molecule has 1 amide bonds. The monoisotopic (exact) mass is 511 g/mol. The minimum absolute atomic E-state index is 0.154. The van der Waals surface area contributed by atoms with Gasteiger partial charge in [-0.15, -0.1) is 0 Å². The lowest BCUT2D eigenvalue weighted by Gasteiger charge is -2.30. The van der Waals surface area contributed by atoms with Crippen molar-refractivity contribution in [3.8, 4) is 0 Å². The number of carbonyl (C=O) groups excluding carboxylic acids is 1. The standard InChI is InChI=1S/C25H22ClN3O3S2/c1-2-28-22-14-11-19(26)16-23(22)33-25(28)27-24(30)18-9-12-20(13-10-18)34(31,32)29-15-5-7-17-6-3-4-8-21(17)29/h3-4,6,8-14,16H,2,5,7,15H2,1H3. The van der Waals surface area contributed by atoms with Crippen LogP contribution >= 0.6 is 22.9 Å². The van der Waals surface area contributed by atoms with Crippen LogP contribution in [0.25, 0.3) is 10.2 Å². The van der Waals surface area contributed by atoms with Gasteiger partial charge in [-0.1, -0.05) is 41.1 Å². The molecule has 0 radical (unpaired) electrons. The average molecular weight is 512 g/mol. The summed E-state index contributed by atoms with van der Waals surface area (Å²) in [5, 5.41) is 0.628. The lowest BCUT2D eigenvalue weighted by molar-refractivity contribution is 0.0997. The van der Waals surface area contributed by atoms with Gasteiger partial charge in [-0.25, -0.2) is 8.42 Å². The molecule has 3 aromatic carbocycles. The first-order valence-corrected chi connectivity index (χ1v) is 13.6. The molecule has 0 atom stereocenters. The summed E-state index contributed by atoms with van der Waals surface area (Å²) in [5.74, 6) is -0.424. The number of nitrogens with zero attached hydrogens (tertiary/aromatic N) is 3. The van der Waals surface area contributed by atoms with Gasteiger partial charge in [0.1, 0.15) is 0 Å². The maximum atomic E-state index is 13.3. The van der Waals surface area contributed by atoms with E-state index in [1.807, 2.05) is 54.0 Å². The van der Waals surface area contributed by atoms with Crippen LogP contribution in [0.3, 0.4) is 0 Å². The molecule has 1 aliphatic rings. The van der Waals surface area contributed by atoms with Gasteiger partial charge in [0.15, 0.2) is 4.80 Å². The molecule has 1 aliphatic heterocycles. The molecule has 174 valence electrons. The van der Waals surface area contributed by atoms with Crippen molar-refractivity contribution < 1.29 is 13.2 Å². The number of carbonyl (C=O) groups is 1. The van der Waals surface area contributed by atoms with E-state index in [0.29, 0.717) is 28.5 Å². The van der Waals surface area contributed by atoms with Crippen LogP contribution in [-0.2, 0) is 23.0 Å². The Labute approximate surface area is 206 Å². The first kappa shape index (κ1) is 22.8. The lowest BCUT2D eigenvalue weighted by atomic mass is 10.0. The Morgan fingerprint density at radius 3 is 2.62 bits per heavy atom. The van der Waals surface area contributed by atoms with E-state index in [-0.39, 0.29) is 4.90 Å². The summed E-state index contributed by atoms with van der Waals surface area (Å²) >= 11 is 7.50. The number of benzene rings is 3. The molecule has 1 aromatic heterocycles. The van der Waals surface area contributed by atoms with E-state index in [9.17, 15) is 13.2 Å². The van der Waals surface area contributed by atoms with Crippen LogP contribution in [0.1, 0.15) is 29.3 Å². The van der Waals surface area contributed by atoms with Crippen molar-refractivity contribution in [1.29, 1.82) is 0 Å². The molecular weight excluding hydrogens is 490 g/mol. The van der Waals surface area contributed by atoms with Gasteiger partial charge in [0, 0.05) is 23.7 Å². The number of anilines is 1. The summed E-state index contributed by atoms with van der Waals surface area (Å²) in [7, 11) is -3.73. The Bertz CT molecular complexity index is 1570. The fourth-order valence-electron chi connectivity index (χ4n) is 4.23. The fourth-order valence-corrected chi connectivity index (χ4v) is 7.14. The van der Waals surface area contributed by atoms with Gasteiger partial charge in [-0.2, -0.15) is 4.99 Å². The van der Waals surface area contributed by atoms with Crippen molar-refractivity contribution in [3.05, 3.63) is 87.7 Å². The van der Waals surface area contributed by atoms with Crippen molar-refractivity contribution in [2.24, 2.45) is 4.99 Å². The second kappa shape index (κ2) is 9.02. The maximum Gasteiger partial charge on any atom is 0.279 e. The Kier molecular flexibility index (Phi) is 6.06. The topological polar surface area (TPSA) is 71.7 Å². The largest absolute Gasteiger partial charge is 0.317 e. The minimum atomic E-state index is -3.73. The molecule has 5 rings (SSSR count). The first-order chi connectivity index (χ1) is 16.4. The molecule has 0 fully saturated rings. The Morgan fingerprint density at radius 2 is 1.85 bits per heavy atom. The van der Waals surface area contributed by atoms with E-state index in [2.05, 4.69) is 4.99 Å². The number of aryl methyl sites for hydroxylation is 2. The molecule has 0 unspecified atom stereocenters. The number of sulfonamides is 1. The SMILES string of the molecule is CCn1c(=NC(=O)c2ccc(S(=O)(=O)N3CCCc4ccccc43)cc2)sc2cc(Cl)ccc21. The second-order valence-corrected chi connectivity index (χ2v) is 11.3. The van der Waals surface area contributed by atoms with Gasteiger partial charge in [0.05, 0.1) is 20.8 Å². The van der Waals surface area contributed by atoms with Crippen LogP contribution in [0.4, 0.5) is 5.69 Å². The smallest absolute Gasteiger partial charge is 0.279 e. The Balaban J connectivity index is 1.46. The zero-order valence-corrected chi connectivity index (χ0v) is 20.8. The van der Waals surface area contributed by atoms with Gasteiger partial charge in [-0.05, 0) is 73.9 Å². The first-order valence-electron chi connectivity index (χ1n) is 11.0. The molecule has 0 spiro atoms. The molecule has 0 bridgehead atoms. The molecule has 0 N–H and O–H groups in total. The molecule has 2 heterocycles. The summed E-state index contributed by atoms with van der Waals surface area (Å²) < 4.78 is 31.0. The zero-order chi connectivity index (χ0) is 23.9. The Hall–Kier alpha value is -2.94. The highest BCUT2D eigenvalue weighted by molar-refractivity contribution is 7.92. The van der Waals surface area contributed by atoms with Crippen LogP contribution in [0.2, 0.25) is 5.02 Å². The van der Waals surface area contributed by atoms with Crippen molar-refractivity contribution in [2.75, 3.05) is 10.8 Å². The molecular formula is C25H22ClN3O3S2. The van der Waals surface area contributed by atoms with E-state index in [1.54, 1.807) is 0 Å². The average Bonchev–Trinajstić information content (AvgIpc) is 3.19. The normalized spacial score (nSPS) is 14.4. The van der Waals surface area contributed by atoms with Gasteiger partial charge in [0.25, 0.3) is 15.9 Å². The quantitative estimate of drug-likeness (QED) is 0.375.